The summed E-state index contributed by atoms with van der Waals surface area (Å²) in [6.45, 7) is 0.0431. The zero-order valence-corrected chi connectivity index (χ0v) is 13.4. The Hall–Kier alpha value is -2.92. The van der Waals surface area contributed by atoms with Crippen LogP contribution in [0.3, 0.4) is 0 Å². The summed E-state index contributed by atoms with van der Waals surface area (Å²) in [5.41, 5.74) is -2.37. The van der Waals surface area contributed by atoms with E-state index in [0.717, 1.165) is 27.5 Å². The number of aromatic nitrogens is 2. The van der Waals surface area contributed by atoms with Gasteiger partial charge in [-0.25, -0.2) is 4.98 Å². The monoisotopic (exact) mass is 361 g/mol. The van der Waals surface area contributed by atoms with Gasteiger partial charge in [-0.3, -0.25) is 4.79 Å². The van der Waals surface area contributed by atoms with E-state index in [1.54, 1.807) is 35.7 Å². The molecule has 0 fully saturated rings. The second kappa shape index (κ2) is 6.53. The second-order valence-electron chi connectivity index (χ2n) is 5.14. The molecular formula is C17H10F3N3OS. The maximum Gasteiger partial charge on any atom is 0.417 e. The SMILES string of the molecule is N#Cc1c(C(F)(F)F)cc(-c2nccs2)n(Cc2ccccc2)c1=O. The third kappa shape index (κ3) is 3.32. The van der Waals surface area contributed by atoms with Crippen LogP contribution in [0.1, 0.15) is 16.7 Å². The number of alkyl halides is 3. The van der Waals surface area contributed by atoms with Crippen molar-refractivity contribution in [3.8, 4) is 16.8 Å². The Morgan fingerprint density at radius 1 is 1.24 bits per heavy atom. The van der Waals surface area contributed by atoms with Gasteiger partial charge in [0.1, 0.15) is 16.6 Å². The molecule has 0 aliphatic carbocycles. The summed E-state index contributed by atoms with van der Waals surface area (Å²) >= 11 is 1.12. The van der Waals surface area contributed by atoms with E-state index in [-0.39, 0.29) is 17.2 Å². The Morgan fingerprint density at radius 3 is 2.52 bits per heavy atom. The maximum absolute atomic E-state index is 13.3. The fraction of sp³-hybridized carbons (Fsp3) is 0.118. The quantitative estimate of drug-likeness (QED) is 0.711. The van der Waals surface area contributed by atoms with Gasteiger partial charge in [0.2, 0.25) is 0 Å². The van der Waals surface area contributed by atoms with Crippen molar-refractivity contribution in [3.63, 3.8) is 0 Å². The van der Waals surface area contributed by atoms with Crippen molar-refractivity contribution in [2.45, 2.75) is 12.7 Å². The summed E-state index contributed by atoms with van der Waals surface area (Å²) in [4.78, 5) is 16.6. The Balaban J connectivity index is 2.29. The number of nitrogens with zero attached hydrogens (tertiary/aromatic N) is 3. The van der Waals surface area contributed by atoms with Gasteiger partial charge in [0.15, 0.2) is 0 Å². The minimum absolute atomic E-state index is 0.0372. The smallest absolute Gasteiger partial charge is 0.300 e. The number of hydrogen-bond acceptors (Lipinski definition) is 4. The van der Waals surface area contributed by atoms with Crippen LogP contribution < -0.4 is 5.56 Å². The van der Waals surface area contributed by atoms with Gasteiger partial charge >= 0.3 is 6.18 Å². The van der Waals surface area contributed by atoms with Crippen molar-refractivity contribution in [1.82, 2.24) is 9.55 Å². The van der Waals surface area contributed by atoms with Gasteiger partial charge in [-0.05, 0) is 11.6 Å². The molecule has 3 aromatic rings. The molecule has 0 aliphatic heterocycles. The van der Waals surface area contributed by atoms with Gasteiger partial charge in [-0.2, -0.15) is 18.4 Å². The molecule has 2 aromatic heterocycles. The van der Waals surface area contributed by atoms with E-state index in [2.05, 4.69) is 4.98 Å². The molecule has 3 rings (SSSR count). The number of rotatable bonds is 3. The van der Waals surface area contributed by atoms with Crippen LogP contribution in [0.5, 0.6) is 0 Å². The summed E-state index contributed by atoms with van der Waals surface area (Å²) < 4.78 is 41.0. The Morgan fingerprint density at radius 2 is 1.96 bits per heavy atom. The lowest BCUT2D eigenvalue weighted by Crippen LogP contribution is -2.28. The first kappa shape index (κ1) is 16.9. The van der Waals surface area contributed by atoms with Crippen molar-refractivity contribution in [1.29, 1.82) is 5.26 Å². The minimum atomic E-state index is -4.80. The molecule has 0 N–H and O–H groups in total. The van der Waals surface area contributed by atoms with E-state index in [4.69, 9.17) is 5.26 Å². The molecule has 4 nitrogen and oxygen atoms in total. The zero-order valence-electron chi connectivity index (χ0n) is 12.6. The first-order valence-electron chi connectivity index (χ1n) is 7.10. The number of nitriles is 1. The van der Waals surface area contributed by atoms with Crippen molar-refractivity contribution < 1.29 is 13.2 Å². The van der Waals surface area contributed by atoms with Gasteiger partial charge in [0.25, 0.3) is 5.56 Å². The molecule has 0 bridgehead atoms. The molecule has 0 amide bonds. The first-order valence-corrected chi connectivity index (χ1v) is 7.98. The van der Waals surface area contributed by atoms with Crippen LogP contribution in [-0.2, 0) is 12.7 Å². The van der Waals surface area contributed by atoms with E-state index >= 15 is 0 Å². The molecule has 0 unspecified atom stereocenters. The van der Waals surface area contributed by atoms with Crippen molar-refractivity contribution in [2.24, 2.45) is 0 Å². The molecule has 0 saturated heterocycles. The highest BCUT2D eigenvalue weighted by molar-refractivity contribution is 7.13. The minimum Gasteiger partial charge on any atom is -0.300 e. The Labute approximate surface area is 144 Å². The van der Waals surface area contributed by atoms with Gasteiger partial charge in [0, 0.05) is 11.6 Å². The predicted octanol–water partition coefficient (Wildman–Crippen LogP) is 3.91. The average molecular weight is 361 g/mol. The van der Waals surface area contributed by atoms with Gasteiger partial charge in [0.05, 0.1) is 17.8 Å². The molecule has 0 radical (unpaired) electrons. The van der Waals surface area contributed by atoms with Crippen molar-refractivity contribution in [3.05, 3.63) is 75.0 Å². The van der Waals surface area contributed by atoms with E-state index in [1.807, 2.05) is 0 Å². The number of pyridine rings is 1. The summed E-state index contributed by atoms with van der Waals surface area (Å²) in [6.07, 6.45) is -3.36. The molecule has 126 valence electrons. The van der Waals surface area contributed by atoms with Crippen LogP contribution in [0.2, 0.25) is 0 Å². The average Bonchev–Trinajstić information content (AvgIpc) is 3.10. The highest BCUT2D eigenvalue weighted by Crippen LogP contribution is 2.34. The molecule has 0 saturated carbocycles. The molecule has 0 spiro atoms. The Bertz CT molecular complexity index is 987. The van der Waals surface area contributed by atoms with E-state index in [9.17, 15) is 18.0 Å². The summed E-state index contributed by atoms with van der Waals surface area (Å²) in [5, 5.41) is 11.0. The third-order valence-corrected chi connectivity index (χ3v) is 4.35. The summed E-state index contributed by atoms with van der Waals surface area (Å²) in [6, 6.07) is 11.0. The molecule has 8 heteroatoms. The van der Waals surface area contributed by atoms with Gasteiger partial charge in [-0.15, -0.1) is 11.3 Å². The lowest BCUT2D eigenvalue weighted by molar-refractivity contribution is -0.137. The van der Waals surface area contributed by atoms with Crippen LogP contribution in [0.4, 0.5) is 13.2 Å². The van der Waals surface area contributed by atoms with E-state index < -0.39 is 22.9 Å². The number of benzene rings is 1. The van der Waals surface area contributed by atoms with Crippen LogP contribution in [-0.4, -0.2) is 9.55 Å². The van der Waals surface area contributed by atoms with E-state index in [1.165, 1.54) is 12.3 Å². The molecule has 0 atom stereocenters. The fourth-order valence-electron chi connectivity index (χ4n) is 2.43. The standard InChI is InChI=1S/C17H10F3N3OS/c18-17(19,20)13-8-14(15-22-6-7-25-15)23(16(24)12(13)9-21)10-11-4-2-1-3-5-11/h1-8H,10H2. The third-order valence-electron chi connectivity index (χ3n) is 3.55. The van der Waals surface area contributed by atoms with Crippen molar-refractivity contribution in [2.75, 3.05) is 0 Å². The molecular weight excluding hydrogens is 351 g/mol. The molecule has 0 aliphatic rings. The van der Waals surface area contributed by atoms with Gasteiger partial charge < -0.3 is 4.57 Å². The number of thiazole rings is 1. The molecule has 1 aromatic carbocycles. The van der Waals surface area contributed by atoms with Crippen molar-refractivity contribution >= 4 is 11.3 Å². The second-order valence-corrected chi connectivity index (χ2v) is 6.04. The number of hydrogen-bond donors (Lipinski definition) is 0. The van der Waals surface area contributed by atoms with Crippen LogP contribution in [0, 0.1) is 11.3 Å². The Kier molecular flexibility index (Phi) is 4.42. The molecule has 25 heavy (non-hydrogen) atoms. The summed E-state index contributed by atoms with van der Waals surface area (Å²) in [7, 11) is 0. The normalized spacial score (nSPS) is 11.3. The van der Waals surface area contributed by atoms with Gasteiger partial charge in [-0.1, -0.05) is 30.3 Å². The largest absolute Gasteiger partial charge is 0.417 e. The maximum atomic E-state index is 13.3. The topological polar surface area (TPSA) is 58.7 Å². The van der Waals surface area contributed by atoms with Crippen LogP contribution >= 0.6 is 11.3 Å². The highest BCUT2D eigenvalue weighted by atomic mass is 32.1. The van der Waals surface area contributed by atoms with E-state index in [0.29, 0.717) is 0 Å². The zero-order chi connectivity index (χ0) is 18.0. The highest BCUT2D eigenvalue weighted by Gasteiger charge is 2.36. The summed E-state index contributed by atoms with van der Waals surface area (Å²) in [5.74, 6) is 0. The number of halogens is 3. The van der Waals surface area contributed by atoms with Crippen LogP contribution in [0.15, 0.2) is 52.8 Å². The molecule has 2 heterocycles. The lowest BCUT2D eigenvalue weighted by atomic mass is 10.1. The van der Waals surface area contributed by atoms with Crippen LogP contribution in [0.25, 0.3) is 10.7 Å². The predicted molar refractivity (Wildman–Crippen MR) is 87.1 cm³/mol. The fourth-order valence-corrected chi connectivity index (χ4v) is 3.09. The first-order chi connectivity index (χ1) is 11.9. The lowest BCUT2D eigenvalue weighted by Gasteiger charge is -2.16.